The molecule has 2 aromatic carbocycles. The van der Waals surface area contributed by atoms with E-state index in [1.165, 1.54) is 24.0 Å². The average Bonchev–Trinajstić information content (AvgIpc) is 2.74. The predicted molar refractivity (Wildman–Crippen MR) is 125 cm³/mol. The number of hydrogen-bond acceptors (Lipinski definition) is 3. The van der Waals surface area contributed by atoms with Crippen LogP contribution in [0.1, 0.15) is 63.0 Å². The Morgan fingerprint density at radius 3 is 2.40 bits per heavy atom. The van der Waals surface area contributed by atoms with Crippen molar-refractivity contribution in [1.82, 2.24) is 0 Å². The van der Waals surface area contributed by atoms with E-state index in [-0.39, 0.29) is 5.60 Å². The molecule has 1 fully saturated rings. The van der Waals surface area contributed by atoms with E-state index in [2.05, 4.69) is 68.4 Å². The van der Waals surface area contributed by atoms with E-state index in [0.29, 0.717) is 17.8 Å². The summed E-state index contributed by atoms with van der Waals surface area (Å²) in [4.78, 5) is 0. The molecule has 3 heteroatoms. The van der Waals surface area contributed by atoms with Crippen molar-refractivity contribution >= 4 is 0 Å². The van der Waals surface area contributed by atoms with Crippen molar-refractivity contribution in [2.45, 2.75) is 63.9 Å². The molecule has 0 aromatic heterocycles. The number of methoxy groups -OCH3 is 1. The highest BCUT2D eigenvalue weighted by molar-refractivity contribution is 5.27. The molecule has 164 valence electrons. The Labute approximate surface area is 183 Å². The molecule has 1 heterocycles. The second-order valence-corrected chi connectivity index (χ2v) is 9.45. The molecule has 3 atom stereocenters. The number of benzene rings is 2. The minimum absolute atomic E-state index is 0.0182. The molecule has 1 aliphatic rings. The van der Waals surface area contributed by atoms with Crippen molar-refractivity contribution in [2.24, 2.45) is 17.6 Å². The molecule has 2 aromatic rings. The number of rotatable bonds is 10. The molecule has 0 bridgehead atoms. The Morgan fingerprint density at radius 1 is 1.03 bits per heavy atom. The van der Waals surface area contributed by atoms with Gasteiger partial charge in [0, 0.05) is 6.61 Å². The van der Waals surface area contributed by atoms with Crippen LogP contribution in [0, 0.1) is 11.8 Å². The fraction of sp³-hybridized carbons (Fsp3) is 0.556. The maximum atomic E-state index is 6.02. The molecule has 3 nitrogen and oxygen atoms in total. The summed E-state index contributed by atoms with van der Waals surface area (Å²) in [5, 5.41) is 0. The molecule has 2 N–H and O–H groups in total. The van der Waals surface area contributed by atoms with Gasteiger partial charge in [-0.15, -0.1) is 0 Å². The van der Waals surface area contributed by atoms with Crippen LogP contribution in [-0.2, 0) is 11.2 Å². The Kier molecular flexibility index (Phi) is 8.35. The lowest BCUT2D eigenvalue weighted by Crippen LogP contribution is -2.36. The van der Waals surface area contributed by atoms with E-state index in [9.17, 15) is 0 Å². The lowest BCUT2D eigenvalue weighted by atomic mass is 9.73. The Hall–Kier alpha value is -1.84. The molecular weight excluding hydrogens is 370 g/mol. The van der Waals surface area contributed by atoms with Crippen LogP contribution in [-0.4, -0.2) is 25.9 Å². The molecule has 3 unspecified atom stereocenters. The molecular formula is C27H39NO2. The third-order valence-electron chi connectivity index (χ3n) is 6.68. The summed E-state index contributed by atoms with van der Waals surface area (Å²) in [5.74, 6) is 2.80. The minimum atomic E-state index is -0.0182. The highest BCUT2D eigenvalue weighted by atomic mass is 16.5. The van der Waals surface area contributed by atoms with E-state index in [0.717, 1.165) is 44.6 Å². The van der Waals surface area contributed by atoms with Gasteiger partial charge in [-0.3, -0.25) is 0 Å². The summed E-state index contributed by atoms with van der Waals surface area (Å²) in [6.07, 6.45) is 6.87. The summed E-state index contributed by atoms with van der Waals surface area (Å²) in [7, 11) is 1.72. The maximum absolute atomic E-state index is 6.02. The smallest absolute Gasteiger partial charge is 0.118 e. The Morgan fingerprint density at radius 2 is 1.77 bits per heavy atom. The van der Waals surface area contributed by atoms with Gasteiger partial charge in [-0.25, -0.2) is 0 Å². The first-order valence-corrected chi connectivity index (χ1v) is 11.5. The lowest BCUT2D eigenvalue weighted by Gasteiger charge is -2.40. The van der Waals surface area contributed by atoms with Gasteiger partial charge in [0.2, 0.25) is 0 Å². The number of hydrogen-bond donors (Lipinski definition) is 1. The van der Waals surface area contributed by atoms with Gasteiger partial charge in [0.1, 0.15) is 5.75 Å². The first-order valence-electron chi connectivity index (χ1n) is 11.5. The van der Waals surface area contributed by atoms with E-state index in [4.69, 9.17) is 15.2 Å². The second-order valence-electron chi connectivity index (χ2n) is 9.45. The zero-order valence-electron chi connectivity index (χ0n) is 19.0. The summed E-state index contributed by atoms with van der Waals surface area (Å²) in [6, 6.07) is 19.6. The molecule has 0 aliphatic carbocycles. The van der Waals surface area contributed by atoms with Gasteiger partial charge in [-0.2, -0.15) is 0 Å². The van der Waals surface area contributed by atoms with E-state index in [1.807, 2.05) is 0 Å². The lowest BCUT2D eigenvalue weighted by molar-refractivity contribution is -0.0774. The van der Waals surface area contributed by atoms with Gasteiger partial charge < -0.3 is 15.2 Å². The fourth-order valence-electron chi connectivity index (χ4n) is 5.09. The van der Waals surface area contributed by atoms with Gasteiger partial charge in [0.05, 0.1) is 12.7 Å². The third-order valence-corrected chi connectivity index (χ3v) is 6.68. The maximum Gasteiger partial charge on any atom is 0.118 e. The molecule has 1 aliphatic heterocycles. The van der Waals surface area contributed by atoms with E-state index in [1.54, 1.807) is 7.11 Å². The van der Waals surface area contributed by atoms with Crippen LogP contribution in [0.3, 0.4) is 0 Å². The van der Waals surface area contributed by atoms with Crippen LogP contribution < -0.4 is 10.5 Å². The molecule has 0 saturated carbocycles. The Balaban J connectivity index is 1.70. The third kappa shape index (κ3) is 6.58. The first-order chi connectivity index (χ1) is 14.5. The van der Waals surface area contributed by atoms with Crippen molar-refractivity contribution in [2.75, 3.05) is 20.3 Å². The van der Waals surface area contributed by atoms with Crippen LogP contribution in [0.25, 0.3) is 0 Å². The highest BCUT2D eigenvalue weighted by Gasteiger charge is 2.34. The molecule has 0 amide bonds. The molecule has 3 rings (SSSR count). The van der Waals surface area contributed by atoms with Gasteiger partial charge >= 0.3 is 0 Å². The minimum Gasteiger partial charge on any atom is -0.497 e. The molecule has 1 saturated heterocycles. The normalized spacial score (nSPS) is 20.5. The van der Waals surface area contributed by atoms with Gasteiger partial charge in [0.15, 0.2) is 0 Å². The SMILES string of the molecule is COc1ccc(CC(CCN)CCC(c2ccccc2)C2CCOC(C)(C)C2)cc1. The summed E-state index contributed by atoms with van der Waals surface area (Å²) < 4.78 is 11.3. The molecule has 0 radical (unpaired) electrons. The van der Waals surface area contributed by atoms with Crippen molar-refractivity contribution in [3.63, 3.8) is 0 Å². The van der Waals surface area contributed by atoms with Crippen LogP contribution in [0.4, 0.5) is 0 Å². The van der Waals surface area contributed by atoms with E-state index >= 15 is 0 Å². The predicted octanol–water partition coefficient (Wildman–Crippen LogP) is 5.97. The Bertz CT molecular complexity index is 741. The molecule has 0 spiro atoms. The van der Waals surface area contributed by atoms with E-state index < -0.39 is 0 Å². The van der Waals surface area contributed by atoms with Crippen molar-refractivity contribution < 1.29 is 9.47 Å². The van der Waals surface area contributed by atoms with Crippen molar-refractivity contribution in [1.29, 1.82) is 0 Å². The standard InChI is InChI=1S/C27H39NO2/c1-27(2)20-24(16-18-30-27)26(23-7-5-4-6-8-23)14-11-22(15-17-28)19-21-9-12-25(29-3)13-10-21/h4-10,12-13,22,24,26H,11,14-20,28H2,1-3H3. The summed E-state index contributed by atoms with van der Waals surface area (Å²) >= 11 is 0. The average molecular weight is 410 g/mol. The fourth-order valence-corrected chi connectivity index (χ4v) is 5.09. The summed E-state index contributed by atoms with van der Waals surface area (Å²) in [5.41, 5.74) is 8.83. The van der Waals surface area contributed by atoms with Crippen LogP contribution in [0.15, 0.2) is 54.6 Å². The van der Waals surface area contributed by atoms with Crippen molar-refractivity contribution in [3.05, 3.63) is 65.7 Å². The topological polar surface area (TPSA) is 44.5 Å². The second kappa shape index (κ2) is 11.0. The van der Waals surface area contributed by atoms with Gasteiger partial charge in [0.25, 0.3) is 0 Å². The zero-order valence-corrected chi connectivity index (χ0v) is 19.0. The number of ether oxygens (including phenoxy) is 2. The van der Waals surface area contributed by atoms with Crippen LogP contribution in [0.2, 0.25) is 0 Å². The first kappa shape index (κ1) is 22.8. The highest BCUT2D eigenvalue weighted by Crippen LogP contribution is 2.41. The van der Waals surface area contributed by atoms with Crippen LogP contribution >= 0.6 is 0 Å². The zero-order chi connectivity index (χ0) is 21.4. The van der Waals surface area contributed by atoms with Crippen LogP contribution in [0.5, 0.6) is 5.75 Å². The van der Waals surface area contributed by atoms with Gasteiger partial charge in [-0.05, 0) is 99.9 Å². The van der Waals surface area contributed by atoms with Crippen molar-refractivity contribution in [3.8, 4) is 5.75 Å². The molecule has 30 heavy (non-hydrogen) atoms. The largest absolute Gasteiger partial charge is 0.497 e. The summed E-state index contributed by atoms with van der Waals surface area (Å²) in [6.45, 7) is 6.10. The number of nitrogens with two attached hydrogens (primary N) is 1. The van der Waals surface area contributed by atoms with Gasteiger partial charge in [-0.1, -0.05) is 42.5 Å². The quantitative estimate of drug-likeness (QED) is 0.525. The monoisotopic (exact) mass is 409 g/mol.